The minimum absolute atomic E-state index is 0.00110. The molecule has 1 atom stereocenters. The highest BCUT2D eigenvalue weighted by molar-refractivity contribution is 5.78. The van der Waals surface area contributed by atoms with Crippen LogP contribution in [0.15, 0.2) is 0 Å². The first-order valence-electron chi connectivity index (χ1n) is 5.66. The molecule has 90 valence electrons. The number of nitrogens with two attached hydrogens (primary N) is 1. The van der Waals surface area contributed by atoms with Crippen molar-refractivity contribution in [2.24, 2.45) is 23.0 Å². The minimum atomic E-state index is 0.00110. The quantitative estimate of drug-likeness (QED) is 0.757. The van der Waals surface area contributed by atoms with Gasteiger partial charge in [0.1, 0.15) is 0 Å². The molecule has 3 nitrogen and oxygen atoms in total. The maximum Gasteiger partial charge on any atom is 0.225 e. The fourth-order valence-corrected chi connectivity index (χ4v) is 1.42. The van der Waals surface area contributed by atoms with E-state index in [-0.39, 0.29) is 17.2 Å². The van der Waals surface area contributed by atoms with Crippen LogP contribution in [0.25, 0.3) is 0 Å². The summed E-state index contributed by atoms with van der Waals surface area (Å²) in [6, 6.07) is 0. The van der Waals surface area contributed by atoms with Crippen LogP contribution in [0.2, 0.25) is 0 Å². The molecule has 0 aromatic heterocycles. The van der Waals surface area contributed by atoms with E-state index in [4.69, 9.17) is 5.73 Å². The maximum absolute atomic E-state index is 12.0. The average molecular weight is 214 g/mol. The number of hydrogen-bond acceptors (Lipinski definition) is 2. The lowest BCUT2D eigenvalue weighted by molar-refractivity contribution is -0.136. The van der Waals surface area contributed by atoms with Crippen molar-refractivity contribution in [3.05, 3.63) is 0 Å². The third kappa shape index (κ3) is 4.65. The highest BCUT2D eigenvalue weighted by Crippen LogP contribution is 2.18. The topological polar surface area (TPSA) is 46.3 Å². The Kier molecular flexibility index (Phi) is 5.29. The third-order valence-corrected chi connectivity index (χ3v) is 2.98. The monoisotopic (exact) mass is 214 g/mol. The Labute approximate surface area is 94.0 Å². The van der Waals surface area contributed by atoms with E-state index >= 15 is 0 Å². The first-order chi connectivity index (χ1) is 6.71. The zero-order valence-corrected chi connectivity index (χ0v) is 11.0. The van der Waals surface area contributed by atoms with Gasteiger partial charge in [0.05, 0.1) is 0 Å². The van der Waals surface area contributed by atoms with Gasteiger partial charge in [0, 0.05) is 19.5 Å². The van der Waals surface area contributed by atoms with Gasteiger partial charge in [-0.2, -0.15) is 0 Å². The molecule has 3 heteroatoms. The fraction of sp³-hybridized carbons (Fsp3) is 0.917. The van der Waals surface area contributed by atoms with Crippen LogP contribution in [0.4, 0.5) is 0 Å². The Morgan fingerprint density at radius 3 is 2.13 bits per heavy atom. The molecule has 0 heterocycles. The number of hydrogen-bond donors (Lipinski definition) is 1. The normalized spacial score (nSPS) is 14.1. The van der Waals surface area contributed by atoms with E-state index in [0.29, 0.717) is 12.5 Å². The molecule has 1 amide bonds. The molecule has 0 saturated carbocycles. The molecule has 0 aliphatic carbocycles. The zero-order chi connectivity index (χ0) is 12.2. The summed E-state index contributed by atoms with van der Waals surface area (Å²) in [7, 11) is 1.86. The standard InChI is InChI=1S/C12H26N2O/c1-9(2)10(3)11(15)14(6)8-12(4,5)7-13/h9-10H,7-8,13H2,1-6H3. The lowest BCUT2D eigenvalue weighted by Crippen LogP contribution is -2.42. The van der Waals surface area contributed by atoms with Gasteiger partial charge in [-0.25, -0.2) is 0 Å². The summed E-state index contributed by atoms with van der Waals surface area (Å²) in [4.78, 5) is 13.8. The van der Waals surface area contributed by atoms with Gasteiger partial charge in [0.25, 0.3) is 0 Å². The largest absolute Gasteiger partial charge is 0.345 e. The SMILES string of the molecule is CC(C)C(C)C(=O)N(C)CC(C)(C)CN. The van der Waals surface area contributed by atoms with Gasteiger partial charge in [-0.3, -0.25) is 4.79 Å². The molecular formula is C12H26N2O. The van der Waals surface area contributed by atoms with Crippen LogP contribution >= 0.6 is 0 Å². The fourth-order valence-electron chi connectivity index (χ4n) is 1.42. The van der Waals surface area contributed by atoms with Crippen LogP contribution in [0.3, 0.4) is 0 Å². The Morgan fingerprint density at radius 1 is 1.33 bits per heavy atom. The Balaban J connectivity index is 4.34. The summed E-state index contributed by atoms with van der Waals surface area (Å²) >= 11 is 0. The van der Waals surface area contributed by atoms with Gasteiger partial charge in [0.2, 0.25) is 5.91 Å². The summed E-state index contributed by atoms with van der Waals surface area (Å²) in [6.07, 6.45) is 0. The molecule has 0 rings (SSSR count). The molecule has 0 radical (unpaired) electrons. The van der Waals surface area contributed by atoms with Gasteiger partial charge >= 0.3 is 0 Å². The van der Waals surface area contributed by atoms with Crippen LogP contribution < -0.4 is 5.73 Å². The third-order valence-electron chi connectivity index (χ3n) is 2.98. The van der Waals surface area contributed by atoms with Gasteiger partial charge < -0.3 is 10.6 Å². The molecular weight excluding hydrogens is 188 g/mol. The van der Waals surface area contributed by atoms with Gasteiger partial charge in [-0.05, 0) is 17.9 Å². The summed E-state index contributed by atoms with van der Waals surface area (Å²) in [6.45, 7) is 11.6. The number of carbonyl (C=O) groups excluding carboxylic acids is 1. The number of nitrogens with zero attached hydrogens (tertiary/aromatic N) is 1. The molecule has 0 aromatic rings. The van der Waals surface area contributed by atoms with Crippen molar-refractivity contribution in [1.82, 2.24) is 4.90 Å². The van der Waals surface area contributed by atoms with Crippen LogP contribution in [-0.4, -0.2) is 30.9 Å². The molecule has 2 N–H and O–H groups in total. The van der Waals surface area contributed by atoms with E-state index in [9.17, 15) is 4.79 Å². The Hall–Kier alpha value is -0.570. The Bertz CT molecular complexity index is 212. The molecule has 0 aromatic carbocycles. The van der Waals surface area contributed by atoms with Crippen LogP contribution in [-0.2, 0) is 4.79 Å². The van der Waals surface area contributed by atoms with Crippen molar-refractivity contribution in [3.63, 3.8) is 0 Å². The van der Waals surface area contributed by atoms with Crippen LogP contribution in [0, 0.1) is 17.3 Å². The molecule has 0 bridgehead atoms. The van der Waals surface area contributed by atoms with E-state index < -0.39 is 0 Å². The van der Waals surface area contributed by atoms with E-state index in [1.54, 1.807) is 4.90 Å². The summed E-state index contributed by atoms with van der Waals surface area (Å²) < 4.78 is 0. The second-order valence-electron chi connectivity index (χ2n) is 5.60. The smallest absolute Gasteiger partial charge is 0.225 e. The number of rotatable bonds is 5. The van der Waals surface area contributed by atoms with E-state index in [1.165, 1.54) is 0 Å². The van der Waals surface area contributed by atoms with Gasteiger partial charge in [-0.1, -0.05) is 34.6 Å². The van der Waals surface area contributed by atoms with E-state index in [1.807, 2.05) is 14.0 Å². The second-order valence-corrected chi connectivity index (χ2v) is 5.60. The number of amides is 1. The lowest BCUT2D eigenvalue weighted by Gasteiger charge is -2.31. The maximum atomic E-state index is 12.0. The van der Waals surface area contributed by atoms with Gasteiger partial charge in [0.15, 0.2) is 0 Å². The highest BCUT2D eigenvalue weighted by atomic mass is 16.2. The molecule has 0 aliphatic rings. The molecule has 1 unspecified atom stereocenters. The zero-order valence-electron chi connectivity index (χ0n) is 11.0. The van der Waals surface area contributed by atoms with Crippen molar-refractivity contribution in [3.8, 4) is 0 Å². The molecule has 0 saturated heterocycles. The molecule has 0 aliphatic heterocycles. The van der Waals surface area contributed by atoms with Crippen LogP contribution in [0.5, 0.6) is 0 Å². The minimum Gasteiger partial charge on any atom is -0.345 e. The van der Waals surface area contributed by atoms with Crippen LogP contribution in [0.1, 0.15) is 34.6 Å². The van der Waals surface area contributed by atoms with Crippen molar-refractivity contribution in [2.45, 2.75) is 34.6 Å². The average Bonchev–Trinajstić information content (AvgIpc) is 2.14. The number of carbonyl (C=O) groups is 1. The first kappa shape index (κ1) is 14.4. The van der Waals surface area contributed by atoms with E-state index in [2.05, 4.69) is 27.7 Å². The van der Waals surface area contributed by atoms with Crippen molar-refractivity contribution in [2.75, 3.05) is 20.1 Å². The first-order valence-corrected chi connectivity index (χ1v) is 5.66. The van der Waals surface area contributed by atoms with Crippen molar-refractivity contribution < 1.29 is 4.79 Å². The predicted molar refractivity (Wildman–Crippen MR) is 64.5 cm³/mol. The summed E-state index contributed by atoms with van der Waals surface area (Å²) in [5, 5.41) is 0. The second kappa shape index (κ2) is 5.50. The highest BCUT2D eigenvalue weighted by Gasteiger charge is 2.25. The van der Waals surface area contributed by atoms with Crippen molar-refractivity contribution in [1.29, 1.82) is 0 Å². The predicted octanol–water partition coefficient (Wildman–Crippen LogP) is 1.72. The van der Waals surface area contributed by atoms with Gasteiger partial charge in [-0.15, -0.1) is 0 Å². The van der Waals surface area contributed by atoms with Crippen molar-refractivity contribution >= 4 is 5.91 Å². The summed E-state index contributed by atoms with van der Waals surface area (Å²) in [5.74, 6) is 0.691. The lowest BCUT2D eigenvalue weighted by atomic mass is 9.91. The molecule has 0 spiro atoms. The summed E-state index contributed by atoms with van der Waals surface area (Å²) in [5.41, 5.74) is 5.65. The molecule has 15 heavy (non-hydrogen) atoms. The Morgan fingerprint density at radius 2 is 1.80 bits per heavy atom. The van der Waals surface area contributed by atoms with E-state index in [0.717, 1.165) is 6.54 Å². The molecule has 0 fully saturated rings.